The van der Waals surface area contributed by atoms with E-state index in [-0.39, 0.29) is 11.3 Å². The molecule has 66 valence electrons. The van der Waals surface area contributed by atoms with Gasteiger partial charge in [0.25, 0.3) is 0 Å². The summed E-state index contributed by atoms with van der Waals surface area (Å²) in [6, 6.07) is 0. The molecule has 1 fully saturated rings. The number of aliphatic carboxylic acids is 1. The van der Waals surface area contributed by atoms with Crippen LogP contribution in [0, 0.1) is 0 Å². The SMILES string of the molecule is O=C(O)C1=NO[C@]2(CCNC2)C1. The van der Waals surface area contributed by atoms with E-state index < -0.39 is 5.97 Å². The lowest BCUT2D eigenvalue weighted by Crippen LogP contribution is -2.32. The van der Waals surface area contributed by atoms with Gasteiger partial charge in [-0.15, -0.1) is 0 Å². The lowest BCUT2D eigenvalue weighted by Gasteiger charge is -2.17. The van der Waals surface area contributed by atoms with Crippen molar-refractivity contribution < 1.29 is 14.7 Å². The predicted octanol–water partition coefficient (Wildman–Crippen LogP) is -0.421. The molecule has 0 saturated carbocycles. The van der Waals surface area contributed by atoms with E-state index in [1.807, 2.05) is 0 Å². The third-order valence-electron chi connectivity index (χ3n) is 2.29. The summed E-state index contributed by atoms with van der Waals surface area (Å²) < 4.78 is 0. The number of hydrogen-bond acceptors (Lipinski definition) is 4. The first-order chi connectivity index (χ1) is 5.72. The van der Waals surface area contributed by atoms with Gasteiger partial charge in [0.15, 0.2) is 11.3 Å². The number of carboxylic acids is 1. The number of hydrogen-bond donors (Lipinski definition) is 2. The summed E-state index contributed by atoms with van der Waals surface area (Å²) in [7, 11) is 0. The Bertz CT molecular complexity index is 243. The summed E-state index contributed by atoms with van der Waals surface area (Å²) in [6.45, 7) is 1.58. The van der Waals surface area contributed by atoms with Crippen molar-refractivity contribution in [3.63, 3.8) is 0 Å². The fourth-order valence-electron chi connectivity index (χ4n) is 1.59. The molecule has 0 unspecified atom stereocenters. The highest BCUT2D eigenvalue weighted by Crippen LogP contribution is 2.29. The summed E-state index contributed by atoms with van der Waals surface area (Å²) in [5, 5.41) is 15.3. The Hall–Kier alpha value is -1.10. The number of nitrogens with one attached hydrogen (secondary N) is 1. The standard InChI is InChI=1S/C7H10N2O3/c10-6(11)5-3-7(12-9-5)1-2-8-4-7/h8H,1-4H2,(H,10,11)/t7-/m1/s1. The zero-order valence-corrected chi connectivity index (χ0v) is 6.54. The fraction of sp³-hybridized carbons (Fsp3) is 0.714. The summed E-state index contributed by atoms with van der Waals surface area (Å²) in [4.78, 5) is 15.6. The van der Waals surface area contributed by atoms with Crippen LogP contribution in [0.5, 0.6) is 0 Å². The van der Waals surface area contributed by atoms with E-state index in [9.17, 15) is 4.79 Å². The van der Waals surface area contributed by atoms with E-state index in [1.165, 1.54) is 0 Å². The average Bonchev–Trinajstić information content (AvgIpc) is 2.62. The molecule has 1 atom stereocenters. The second kappa shape index (κ2) is 2.45. The summed E-state index contributed by atoms with van der Waals surface area (Å²) in [5.41, 5.74) is -0.216. The Morgan fingerprint density at radius 1 is 1.75 bits per heavy atom. The quantitative estimate of drug-likeness (QED) is 0.560. The van der Waals surface area contributed by atoms with Gasteiger partial charge >= 0.3 is 5.97 Å². The van der Waals surface area contributed by atoms with Crippen LogP contribution in [0.1, 0.15) is 12.8 Å². The molecule has 1 saturated heterocycles. The van der Waals surface area contributed by atoms with Gasteiger partial charge in [-0.3, -0.25) is 0 Å². The minimum atomic E-state index is -0.973. The maximum absolute atomic E-state index is 10.5. The number of nitrogens with zero attached hydrogens (tertiary/aromatic N) is 1. The van der Waals surface area contributed by atoms with Gasteiger partial charge in [-0.2, -0.15) is 0 Å². The van der Waals surface area contributed by atoms with Gasteiger partial charge < -0.3 is 15.3 Å². The lowest BCUT2D eigenvalue weighted by atomic mass is 9.97. The molecule has 0 aromatic rings. The van der Waals surface area contributed by atoms with Gasteiger partial charge in [0.2, 0.25) is 0 Å². The van der Waals surface area contributed by atoms with Crippen molar-refractivity contribution in [2.24, 2.45) is 5.16 Å². The Morgan fingerprint density at radius 2 is 2.58 bits per heavy atom. The Morgan fingerprint density at radius 3 is 3.08 bits per heavy atom. The van der Waals surface area contributed by atoms with Crippen LogP contribution < -0.4 is 5.32 Å². The maximum atomic E-state index is 10.5. The molecular formula is C7H10N2O3. The minimum Gasteiger partial charge on any atom is -0.477 e. The van der Waals surface area contributed by atoms with E-state index in [4.69, 9.17) is 9.94 Å². The average molecular weight is 170 g/mol. The van der Waals surface area contributed by atoms with Crippen molar-refractivity contribution in [2.45, 2.75) is 18.4 Å². The van der Waals surface area contributed by atoms with E-state index in [0.29, 0.717) is 13.0 Å². The monoisotopic (exact) mass is 170 g/mol. The minimum absolute atomic E-state index is 0.138. The lowest BCUT2D eigenvalue weighted by molar-refractivity contribution is -0.129. The molecule has 2 heterocycles. The predicted molar refractivity (Wildman–Crippen MR) is 41.0 cm³/mol. The Kier molecular flexibility index (Phi) is 1.54. The Balaban J connectivity index is 2.06. The van der Waals surface area contributed by atoms with Crippen molar-refractivity contribution in [1.82, 2.24) is 5.32 Å². The highest BCUT2D eigenvalue weighted by atomic mass is 16.7. The first kappa shape index (κ1) is 7.54. The van der Waals surface area contributed by atoms with E-state index in [2.05, 4.69) is 10.5 Å². The number of oxime groups is 1. The molecule has 2 rings (SSSR count). The summed E-state index contributed by atoms with van der Waals surface area (Å²) in [5.74, 6) is -0.973. The molecule has 0 amide bonds. The van der Waals surface area contributed by atoms with Crippen LogP contribution in [0.2, 0.25) is 0 Å². The molecule has 0 bridgehead atoms. The molecule has 0 aromatic heterocycles. The van der Waals surface area contributed by atoms with E-state index in [1.54, 1.807) is 0 Å². The number of rotatable bonds is 1. The fourth-order valence-corrected chi connectivity index (χ4v) is 1.59. The molecule has 0 radical (unpaired) electrons. The molecule has 2 aliphatic rings. The molecule has 2 aliphatic heterocycles. The first-order valence-electron chi connectivity index (χ1n) is 3.91. The zero-order valence-electron chi connectivity index (χ0n) is 6.54. The second-order valence-electron chi connectivity index (χ2n) is 3.22. The zero-order chi connectivity index (χ0) is 8.60. The number of carboxylic acid groups (broad SMARTS) is 1. The topological polar surface area (TPSA) is 70.9 Å². The van der Waals surface area contributed by atoms with Crippen molar-refractivity contribution in [3.05, 3.63) is 0 Å². The van der Waals surface area contributed by atoms with Gasteiger partial charge in [-0.05, 0) is 6.54 Å². The third kappa shape index (κ3) is 1.06. The van der Waals surface area contributed by atoms with Gasteiger partial charge in [-0.1, -0.05) is 5.16 Å². The number of carbonyl (C=O) groups is 1. The molecule has 12 heavy (non-hydrogen) atoms. The van der Waals surface area contributed by atoms with Crippen molar-refractivity contribution >= 4 is 11.7 Å². The molecule has 1 spiro atoms. The molecule has 0 aliphatic carbocycles. The highest BCUT2D eigenvalue weighted by Gasteiger charge is 2.43. The van der Waals surface area contributed by atoms with Gasteiger partial charge in [0, 0.05) is 19.4 Å². The van der Waals surface area contributed by atoms with Crippen LogP contribution in [0.4, 0.5) is 0 Å². The molecule has 0 aromatic carbocycles. The van der Waals surface area contributed by atoms with E-state index in [0.717, 1.165) is 13.0 Å². The smallest absolute Gasteiger partial charge is 0.353 e. The van der Waals surface area contributed by atoms with Gasteiger partial charge in [0.05, 0.1) is 0 Å². The van der Waals surface area contributed by atoms with Crippen molar-refractivity contribution in [3.8, 4) is 0 Å². The normalized spacial score (nSPS) is 33.5. The van der Waals surface area contributed by atoms with Crippen LogP contribution in [0.25, 0.3) is 0 Å². The highest BCUT2D eigenvalue weighted by molar-refractivity contribution is 6.36. The van der Waals surface area contributed by atoms with Crippen molar-refractivity contribution in [2.75, 3.05) is 13.1 Å². The van der Waals surface area contributed by atoms with Crippen LogP contribution in [-0.2, 0) is 9.63 Å². The van der Waals surface area contributed by atoms with Crippen molar-refractivity contribution in [1.29, 1.82) is 0 Å². The van der Waals surface area contributed by atoms with Gasteiger partial charge in [-0.25, -0.2) is 4.79 Å². The Labute approximate surface area is 69.4 Å². The van der Waals surface area contributed by atoms with Crippen LogP contribution in [-0.4, -0.2) is 35.5 Å². The van der Waals surface area contributed by atoms with Crippen LogP contribution in [0.15, 0.2) is 5.16 Å². The van der Waals surface area contributed by atoms with E-state index >= 15 is 0 Å². The first-order valence-corrected chi connectivity index (χ1v) is 3.91. The van der Waals surface area contributed by atoms with Crippen LogP contribution in [0.3, 0.4) is 0 Å². The summed E-state index contributed by atoms with van der Waals surface area (Å²) in [6.07, 6.45) is 1.27. The van der Waals surface area contributed by atoms with Gasteiger partial charge in [0.1, 0.15) is 0 Å². The maximum Gasteiger partial charge on any atom is 0.353 e. The largest absolute Gasteiger partial charge is 0.477 e. The summed E-state index contributed by atoms with van der Waals surface area (Å²) >= 11 is 0. The molecule has 5 nitrogen and oxygen atoms in total. The second-order valence-corrected chi connectivity index (χ2v) is 3.22. The third-order valence-corrected chi connectivity index (χ3v) is 2.29. The molecule has 2 N–H and O–H groups in total. The van der Waals surface area contributed by atoms with Crippen LogP contribution >= 0.6 is 0 Å². The molecular weight excluding hydrogens is 160 g/mol. The molecule has 5 heteroatoms.